The van der Waals surface area contributed by atoms with E-state index in [1.165, 1.54) is 13.3 Å². The van der Waals surface area contributed by atoms with E-state index in [1.807, 2.05) is 6.07 Å². The number of hydrazone groups is 1. The second kappa shape index (κ2) is 10.7. The minimum Gasteiger partial charge on any atom is -0.493 e. The molecule has 2 aromatic rings. The van der Waals surface area contributed by atoms with Crippen molar-refractivity contribution in [3.05, 3.63) is 52.5 Å². The number of anilines is 1. The van der Waals surface area contributed by atoms with E-state index in [2.05, 4.69) is 37.7 Å². The van der Waals surface area contributed by atoms with Gasteiger partial charge in [0.1, 0.15) is 13.0 Å². The first-order chi connectivity index (χ1) is 13.5. The number of hydrogen-bond acceptors (Lipinski definition) is 5. The van der Waals surface area contributed by atoms with Crippen molar-refractivity contribution in [1.82, 2.24) is 5.43 Å². The number of nitrogens with one attached hydrogen (secondary N) is 2. The van der Waals surface area contributed by atoms with Crippen molar-refractivity contribution in [3.8, 4) is 23.8 Å². The van der Waals surface area contributed by atoms with Crippen LogP contribution in [-0.4, -0.2) is 31.7 Å². The van der Waals surface area contributed by atoms with Gasteiger partial charge in [0.05, 0.1) is 19.0 Å². The van der Waals surface area contributed by atoms with Crippen LogP contribution in [0.15, 0.2) is 52.0 Å². The van der Waals surface area contributed by atoms with E-state index in [4.69, 9.17) is 15.9 Å². The number of benzene rings is 2. The molecule has 0 heterocycles. The summed E-state index contributed by atoms with van der Waals surface area (Å²) in [6.45, 7) is 0.126. The van der Waals surface area contributed by atoms with E-state index in [0.717, 1.165) is 4.47 Å². The van der Waals surface area contributed by atoms with Gasteiger partial charge in [-0.2, -0.15) is 5.10 Å². The Labute approximate surface area is 171 Å². The molecule has 7 nitrogen and oxygen atoms in total. The summed E-state index contributed by atoms with van der Waals surface area (Å²) in [6, 6.07) is 12.2. The summed E-state index contributed by atoms with van der Waals surface area (Å²) in [7, 11) is 1.50. The van der Waals surface area contributed by atoms with Crippen LogP contribution in [0.25, 0.3) is 0 Å². The number of terminal acetylenes is 1. The molecule has 0 spiro atoms. The third-order valence-electron chi connectivity index (χ3n) is 3.37. The number of para-hydroxylation sites is 1. The lowest BCUT2D eigenvalue weighted by Gasteiger charge is -2.09. The summed E-state index contributed by atoms with van der Waals surface area (Å²) in [5, 5.41) is 6.49. The number of carbonyl (C=O) groups is 2. The molecule has 0 saturated heterocycles. The monoisotopic (exact) mass is 443 g/mol. The average Bonchev–Trinajstić information content (AvgIpc) is 2.68. The highest BCUT2D eigenvalue weighted by molar-refractivity contribution is 9.10. The summed E-state index contributed by atoms with van der Waals surface area (Å²) >= 11 is 3.32. The van der Waals surface area contributed by atoms with Crippen LogP contribution in [0.5, 0.6) is 11.5 Å². The van der Waals surface area contributed by atoms with Gasteiger partial charge >= 0.3 is 0 Å². The topological polar surface area (TPSA) is 89.0 Å². The highest BCUT2D eigenvalue weighted by atomic mass is 79.9. The maximum atomic E-state index is 11.9. The van der Waals surface area contributed by atoms with Crippen molar-refractivity contribution >= 4 is 39.6 Å². The highest BCUT2D eigenvalue weighted by Gasteiger charge is 2.10. The molecule has 0 saturated carbocycles. The average molecular weight is 444 g/mol. The molecule has 2 amide bonds. The van der Waals surface area contributed by atoms with Crippen molar-refractivity contribution in [2.24, 2.45) is 5.10 Å². The minimum absolute atomic E-state index is 0.126. The summed E-state index contributed by atoms with van der Waals surface area (Å²) in [5.41, 5.74) is 3.56. The van der Waals surface area contributed by atoms with Crippen LogP contribution < -0.4 is 20.2 Å². The molecule has 0 aliphatic heterocycles. The fourth-order valence-corrected chi connectivity index (χ4v) is 2.51. The van der Waals surface area contributed by atoms with Gasteiger partial charge in [0.15, 0.2) is 11.5 Å². The second-order valence-electron chi connectivity index (χ2n) is 5.40. The van der Waals surface area contributed by atoms with Crippen molar-refractivity contribution in [2.45, 2.75) is 6.42 Å². The van der Waals surface area contributed by atoms with Gasteiger partial charge in [-0.1, -0.05) is 18.1 Å². The third-order valence-corrected chi connectivity index (χ3v) is 4.06. The number of rotatable bonds is 8. The molecular weight excluding hydrogens is 426 g/mol. The lowest BCUT2D eigenvalue weighted by atomic mass is 10.2. The van der Waals surface area contributed by atoms with Gasteiger partial charge in [-0.15, -0.1) is 6.42 Å². The Kier molecular flexibility index (Phi) is 8.06. The third kappa shape index (κ3) is 6.45. The standard InChI is InChI=1S/C20H18BrN3O4/c1-3-10-28-17-9-8-14(11-18(17)27-2)13-22-24-20(26)12-19(25)23-16-7-5-4-6-15(16)21/h1,4-9,11,13H,10,12H2,2H3,(H,23,25)(H,24,26). The molecule has 0 aliphatic carbocycles. The van der Waals surface area contributed by atoms with Crippen LogP contribution in [0.4, 0.5) is 5.69 Å². The van der Waals surface area contributed by atoms with Gasteiger partial charge in [0.25, 0.3) is 0 Å². The molecule has 0 radical (unpaired) electrons. The predicted molar refractivity (Wildman–Crippen MR) is 110 cm³/mol. The Morgan fingerprint density at radius 2 is 2.00 bits per heavy atom. The Morgan fingerprint density at radius 3 is 2.71 bits per heavy atom. The first-order valence-corrected chi connectivity index (χ1v) is 8.93. The SMILES string of the molecule is C#CCOc1ccc(C=NNC(=O)CC(=O)Nc2ccccc2Br)cc1OC. The smallest absolute Gasteiger partial charge is 0.249 e. The Morgan fingerprint density at radius 1 is 1.21 bits per heavy atom. The van der Waals surface area contributed by atoms with Crippen LogP contribution in [0.2, 0.25) is 0 Å². The first-order valence-electron chi connectivity index (χ1n) is 8.14. The summed E-state index contributed by atoms with van der Waals surface area (Å²) in [6.07, 6.45) is 6.24. The number of nitrogens with zero attached hydrogens (tertiary/aromatic N) is 1. The van der Waals surface area contributed by atoms with Crippen LogP contribution in [0.1, 0.15) is 12.0 Å². The van der Waals surface area contributed by atoms with Gasteiger partial charge in [-0.25, -0.2) is 5.43 Å². The van der Waals surface area contributed by atoms with Crippen LogP contribution in [0, 0.1) is 12.3 Å². The van der Waals surface area contributed by atoms with E-state index in [-0.39, 0.29) is 13.0 Å². The normalized spacial score (nSPS) is 10.2. The minimum atomic E-state index is -0.540. The highest BCUT2D eigenvalue weighted by Crippen LogP contribution is 2.27. The zero-order valence-electron chi connectivity index (χ0n) is 15.1. The lowest BCUT2D eigenvalue weighted by Crippen LogP contribution is -2.24. The van der Waals surface area contributed by atoms with Crippen molar-refractivity contribution in [2.75, 3.05) is 19.0 Å². The maximum Gasteiger partial charge on any atom is 0.249 e. The molecule has 0 atom stereocenters. The molecule has 0 aromatic heterocycles. The van der Waals surface area contributed by atoms with E-state index in [9.17, 15) is 9.59 Å². The molecule has 2 rings (SSSR count). The Balaban J connectivity index is 1.88. The quantitative estimate of drug-likeness (QED) is 0.284. The molecule has 8 heteroatoms. The van der Waals surface area contributed by atoms with Crippen LogP contribution in [0.3, 0.4) is 0 Å². The van der Waals surface area contributed by atoms with Gasteiger partial charge in [0.2, 0.25) is 11.8 Å². The van der Waals surface area contributed by atoms with Crippen molar-refractivity contribution in [3.63, 3.8) is 0 Å². The Bertz CT molecular complexity index is 922. The molecule has 2 N–H and O–H groups in total. The van der Waals surface area contributed by atoms with Crippen molar-refractivity contribution in [1.29, 1.82) is 0 Å². The molecular formula is C20H18BrN3O4. The van der Waals surface area contributed by atoms with Gasteiger partial charge in [-0.05, 0) is 51.8 Å². The number of methoxy groups -OCH3 is 1. The van der Waals surface area contributed by atoms with E-state index < -0.39 is 11.8 Å². The fraction of sp³-hybridized carbons (Fsp3) is 0.150. The zero-order chi connectivity index (χ0) is 20.4. The maximum absolute atomic E-state index is 11.9. The number of carbonyl (C=O) groups excluding carboxylic acids is 2. The lowest BCUT2D eigenvalue weighted by molar-refractivity contribution is -0.126. The van der Waals surface area contributed by atoms with E-state index in [1.54, 1.807) is 36.4 Å². The molecule has 0 bridgehead atoms. The molecule has 144 valence electrons. The van der Waals surface area contributed by atoms with E-state index >= 15 is 0 Å². The second-order valence-corrected chi connectivity index (χ2v) is 6.26. The van der Waals surface area contributed by atoms with Crippen LogP contribution >= 0.6 is 15.9 Å². The zero-order valence-corrected chi connectivity index (χ0v) is 16.7. The molecule has 28 heavy (non-hydrogen) atoms. The number of halogens is 1. The van der Waals surface area contributed by atoms with Gasteiger partial charge in [-0.3, -0.25) is 9.59 Å². The Hall–Kier alpha value is -3.31. The van der Waals surface area contributed by atoms with Crippen LogP contribution in [-0.2, 0) is 9.59 Å². The summed E-state index contributed by atoms with van der Waals surface area (Å²) < 4.78 is 11.3. The van der Waals surface area contributed by atoms with Crippen molar-refractivity contribution < 1.29 is 19.1 Å². The predicted octanol–water partition coefficient (Wildman–Crippen LogP) is 2.95. The summed E-state index contributed by atoms with van der Waals surface area (Å²) in [4.78, 5) is 23.8. The molecule has 0 unspecified atom stereocenters. The van der Waals surface area contributed by atoms with Gasteiger partial charge in [0, 0.05) is 4.47 Å². The molecule has 0 aliphatic rings. The van der Waals surface area contributed by atoms with Gasteiger partial charge < -0.3 is 14.8 Å². The number of amides is 2. The number of hydrogen-bond donors (Lipinski definition) is 2. The summed E-state index contributed by atoms with van der Waals surface area (Å²) in [5.74, 6) is 2.38. The first kappa shape index (κ1) is 21.0. The number of ether oxygens (including phenoxy) is 2. The molecule has 2 aromatic carbocycles. The largest absolute Gasteiger partial charge is 0.493 e. The molecule has 0 fully saturated rings. The fourth-order valence-electron chi connectivity index (χ4n) is 2.12. The van der Waals surface area contributed by atoms with E-state index in [0.29, 0.717) is 22.7 Å².